The van der Waals surface area contributed by atoms with E-state index in [1.54, 1.807) is 42.7 Å². The number of carbonyl (C=O) groups excluding carboxylic acids is 1. The van der Waals surface area contributed by atoms with E-state index in [4.69, 9.17) is 21.3 Å². The summed E-state index contributed by atoms with van der Waals surface area (Å²) in [5.74, 6) is 0.303. The number of rotatable bonds is 7. The van der Waals surface area contributed by atoms with Crippen LogP contribution in [-0.4, -0.2) is 34.1 Å². The van der Waals surface area contributed by atoms with Gasteiger partial charge in [-0.2, -0.15) is 0 Å². The number of amides is 1. The second-order valence-electron chi connectivity index (χ2n) is 6.92. The number of hydrogen-bond acceptors (Lipinski definition) is 5. The monoisotopic (exact) mass is 476 g/mol. The van der Waals surface area contributed by atoms with E-state index in [0.29, 0.717) is 28.0 Å². The number of fused-ring (bicyclic) bond motifs is 1. The van der Waals surface area contributed by atoms with Crippen LogP contribution >= 0.6 is 35.3 Å². The van der Waals surface area contributed by atoms with E-state index < -0.39 is 0 Å². The van der Waals surface area contributed by atoms with E-state index in [9.17, 15) is 4.79 Å². The summed E-state index contributed by atoms with van der Waals surface area (Å²) in [6.45, 7) is 3.30. The molecule has 2 heterocycles. The highest BCUT2D eigenvalue weighted by Gasteiger charge is 2.24. The van der Waals surface area contributed by atoms with E-state index >= 15 is 0 Å². The van der Waals surface area contributed by atoms with E-state index in [-0.39, 0.29) is 18.3 Å². The predicted molar refractivity (Wildman–Crippen MR) is 128 cm³/mol. The highest BCUT2D eigenvalue weighted by molar-refractivity contribution is 7.22. The Morgan fingerprint density at radius 3 is 2.84 bits per heavy atom. The lowest BCUT2D eigenvalue weighted by Gasteiger charge is -2.21. The number of nitrogens with zero attached hydrogens (tertiary/aromatic N) is 4. The van der Waals surface area contributed by atoms with Crippen molar-refractivity contribution >= 4 is 56.6 Å². The van der Waals surface area contributed by atoms with Crippen molar-refractivity contribution in [3.8, 4) is 5.75 Å². The maximum absolute atomic E-state index is 13.5. The van der Waals surface area contributed by atoms with E-state index in [2.05, 4.69) is 11.1 Å². The number of aromatic nitrogens is 3. The number of hydrogen-bond donors (Lipinski definition) is 0. The van der Waals surface area contributed by atoms with Gasteiger partial charge >= 0.3 is 0 Å². The van der Waals surface area contributed by atoms with Gasteiger partial charge in [-0.25, -0.2) is 9.97 Å². The van der Waals surface area contributed by atoms with Crippen LogP contribution < -0.4 is 9.64 Å². The van der Waals surface area contributed by atoms with Gasteiger partial charge in [-0.1, -0.05) is 29.0 Å². The average molecular weight is 477 g/mol. The number of halogens is 2. The van der Waals surface area contributed by atoms with E-state index in [1.165, 1.54) is 11.3 Å². The molecular weight excluding hydrogens is 455 g/mol. The molecule has 4 aromatic rings. The van der Waals surface area contributed by atoms with Crippen LogP contribution in [0.2, 0.25) is 5.02 Å². The van der Waals surface area contributed by atoms with Gasteiger partial charge in [-0.3, -0.25) is 9.69 Å². The molecule has 0 bridgehead atoms. The summed E-state index contributed by atoms with van der Waals surface area (Å²) in [6.07, 6.45) is 6.18. The predicted octanol–water partition coefficient (Wildman–Crippen LogP) is 5.62. The normalized spacial score (nSPS) is 10.7. The van der Waals surface area contributed by atoms with Crippen molar-refractivity contribution in [3.05, 3.63) is 71.3 Å². The van der Waals surface area contributed by atoms with Crippen molar-refractivity contribution in [3.63, 3.8) is 0 Å². The van der Waals surface area contributed by atoms with E-state index in [1.807, 2.05) is 29.8 Å². The number of methoxy groups -OCH3 is 1. The molecule has 1 amide bonds. The van der Waals surface area contributed by atoms with Gasteiger partial charge in [0.25, 0.3) is 5.91 Å². The van der Waals surface area contributed by atoms with Crippen LogP contribution in [0.5, 0.6) is 5.75 Å². The summed E-state index contributed by atoms with van der Waals surface area (Å²) < 4.78 is 8.45. The molecule has 0 saturated carbocycles. The van der Waals surface area contributed by atoms with Crippen molar-refractivity contribution < 1.29 is 9.53 Å². The second kappa shape index (κ2) is 10.1. The van der Waals surface area contributed by atoms with Gasteiger partial charge in [0.15, 0.2) is 5.13 Å². The fourth-order valence-corrected chi connectivity index (χ4v) is 4.50. The van der Waals surface area contributed by atoms with Gasteiger partial charge in [0.2, 0.25) is 0 Å². The molecule has 0 saturated heterocycles. The molecule has 0 aliphatic heterocycles. The Bertz CT molecular complexity index is 1180. The van der Waals surface area contributed by atoms with Gasteiger partial charge in [-0.15, -0.1) is 12.4 Å². The lowest BCUT2D eigenvalue weighted by atomic mass is 10.1. The number of aryl methyl sites for hydroxylation is 2. The summed E-state index contributed by atoms with van der Waals surface area (Å²) >= 11 is 7.68. The Morgan fingerprint density at radius 2 is 2.10 bits per heavy atom. The first-order valence-corrected chi connectivity index (χ1v) is 10.7. The SMILES string of the molecule is COc1ccc(Cl)cc1C(=O)N(CCCn1ccnc1)c1nc2ccc(C)cc2s1.Cl. The molecule has 0 fully saturated rings. The molecule has 0 unspecified atom stereocenters. The molecule has 4 rings (SSSR count). The summed E-state index contributed by atoms with van der Waals surface area (Å²) in [7, 11) is 1.55. The maximum atomic E-state index is 13.5. The summed E-state index contributed by atoms with van der Waals surface area (Å²) in [5, 5.41) is 1.14. The number of ether oxygens (including phenoxy) is 1. The van der Waals surface area contributed by atoms with Gasteiger partial charge in [-0.05, 0) is 49.2 Å². The third-order valence-electron chi connectivity index (χ3n) is 4.76. The maximum Gasteiger partial charge on any atom is 0.263 e. The second-order valence-corrected chi connectivity index (χ2v) is 8.37. The summed E-state index contributed by atoms with van der Waals surface area (Å²) in [5.41, 5.74) is 2.46. The van der Waals surface area contributed by atoms with Crippen LogP contribution in [0.4, 0.5) is 5.13 Å². The summed E-state index contributed by atoms with van der Waals surface area (Å²) in [4.78, 5) is 24.1. The van der Waals surface area contributed by atoms with Crippen molar-refractivity contribution in [2.75, 3.05) is 18.6 Å². The van der Waals surface area contributed by atoms with Crippen LogP contribution in [0.3, 0.4) is 0 Å². The molecule has 0 radical (unpaired) electrons. The number of anilines is 1. The number of carbonyl (C=O) groups is 1. The van der Waals surface area contributed by atoms with Gasteiger partial charge < -0.3 is 9.30 Å². The minimum atomic E-state index is -0.184. The highest BCUT2D eigenvalue weighted by atomic mass is 35.5. The van der Waals surface area contributed by atoms with Gasteiger partial charge in [0.1, 0.15) is 5.75 Å². The Labute approximate surface area is 195 Å². The minimum absolute atomic E-state index is 0. The topological polar surface area (TPSA) is 60.2 Å². The molecular formula is C22H22Cl2N4O2S. The first kappa shape index (κ1) is 23.1. The van der Waals surface area contributed by atoms with Crippen LogP contribution in [0.25, 0.3) is 10.2 Å². The Kier molecular flexibility index (Phi) is 7.54. The molecule has 9 heteroatoms. The highest BCUT2D eigenvalue weighted by Crippen LogP contribution is 2.32. The summed E-state index contributed by atoms with van der Waals surface area (Å²) in [6, 6.07) is 11.2. The lowest BCUT2D eigenvalue weighted by Crippen LogP contribution is -2.32. The fraction of sp³-hybridized carbons (Fsp3) is 0.227. The molecule has 0 N–H and O–H groups in total. The zero-order valence-corrected chi connectivity index (χ0v) is 19.5. The van der Waals surface area contributed by atoms with Crippen molar-refractivity contribution in [1.82, 2.24) is 14.5 Å². The molecule has 2 aromatic carbocycles. The van der Waals surface area contributed by atoms with Crippen LogP contribution in [-0.2, 0) is 6.54 Å². The quantitative estimate of drug-likeness (QED) is 0.347. The molecule has 31 heavy (non-hydrogen) atoms. The first-order valence-electron chi connectivity index (χ1n) is 9.53. The van der Waals surface area contributed by atoms with Crippen molar-refractivity contribution in [1.29, 1.82) is 0 Å². The Balaban J connectivity index is 0.00000272. The van der Waals surface area contributed by atoms with Crippen LogP contribution in [0, 0.1) is 6.92 Å². The minimum Gasteiger partial charge on any atom is -0.496 e. The van der Waals surface area contributed by atoms with Gasteiger partial charge in [0.05, 0.1) is 29.2 Å². The number of benzene rings is 2. The smallest absolute Gasteiger partial charge is 0.263 e. The Hall–Kier alpha value is -2.61. The third-order valence-corrected chi connectivity index (χ3v) is 6.03. The molecule has 0 atom stereocenters. The molecule has 0 aliphatic rings. The zero-order chi connectivity index (χ0) is 21.1. The first-order chi connectivity index (χ1) is 14.5. The van der Waals surface area contributed by atoms with Crippen LogP contribution in [0.15, 0.2) is 55.1 Å². The largest absolute Gasteiger partial charge is 0.496 e. The molecule has 2 aromatic heterocycles. The number of imidazole rings is 1. The van der Waals surface area contributed by atoms with Crippen molar-refractivity contribution in [2.24, 2.45) is 0 Å². The van der Waals surface area contributed by atoms with E-state index in [0.717, 1.165) is 28.7 Å². The zero-order valence-electron chi connectivity index (χ0n) is 17.1. The van der Waals surface area contributed by atoms with Crippen molar-refractivity contribution in [2.45, 2.75) is 19.9 Å². The molecule has 0 spiro atoms. The third kappa shape index (κ3) is 5.18. The molecule has 0 aliphatic carbocycles. The molecule has 162 valence electrons. The molecule has 6 nitrogen and oxygen atoms in total. The number of thiazole rings is 1. The lowest BCUT2D eigenvalue weighted by molar-refractivity contribution is 0.0983. The van der Waals surface area contributed by atoms with Gasteiger partial charge in [0, 0.05) is 30.5 Å². The average Bonchev–Trinajstić information content (AvgIpc) is 3.40. The fourth-order valence-electron chi connectivity index (χ4n) is 3.24. The van der Waals surface area contributed by atoms with Crippen LogP contribution in [0.1, 0.15) is 22.3 Å². The standard InChI is InChI=1S/C22H21ClN4O2S.ClH/c1-15-4-6-18-20(12-15)30-22(25-18)27(10-3-9-26-11-8-24-14-26)21(28)17-13-16(23)5-7-19(17)29-2;/h4-8,11-14H,3,9-10H2,1-2H3;1H. The Morgan fingerprint density at radius 1 is 1.26 bits per heavy atom.